The highest BCUT2D eigenvalue weighted by Crippen LogP contribution is 2.33. The van der Waals surface area contributed by atoms with Gasteiger partial charge < -0.3 is 10.2 Å². The summed E-state index contributed by atoms with van der Waals surface area (Å²) in [6.07, 6.45) is -4.48. The highest BCUT2D eigenvalue weighted by Gasteiger charge is 2.31. The Bertz CT molecular complexity index is 570. The monoisotopic (exact) mass is 349 g/mol. The van der Waals surface area contributed by atoms with Crippen molar-refractivity contribution in [1.29, 1.82) is 0 Å². The van der Waals surface area contributed by atoms with Gasteiger partial charge in [-0.3, -0.25) is 4.90 Å². The number of carbonyl (C=O) groups is 1. The number of nitrogens with zero attached hydrogens (tertiary/aromatic N) is 2. The van der Waals surface area contributed by atoms with Crippen molar-refractivity contribution in [2.45, 2.75) is 26.1 Å². The van der Waals surface area contributed by atoms with Gasteiger partial charge in [0.15, 0.2) is 0 Å². The molecule has 1 heterocycles. The number of benzene rings is 1. The number of carbonyl (C=O) groups excluding carboxylic acids is 1. The van der Waals surface area contributed by atoms with Gasteiger partial charge in [0.2, 0.25) is 0 Å². The van der Waals surface area contributed by atoms with Crippen LogP contribution in [0.3, 0.4) is 0 Å². The Hall–Kier alpha value is -1.47. The summed E-state index contributed by atoms with van der Waals surface area (Å²) in [6, 6.07) is 2.84. The first-order chi connectivity index (χ1) is 10.7. The van der Waals surface area contributed by atoms with E-state index in [2.05, 4.69) is 24.1 Å². The highest BCUT2D eigenvalue weighted by atomic mass is 35.5. The number of nitrogens with one attached hydrogen (secondary N) is 1. The largest absolute Gasteiger partial charge is 0.416 e. The number of piperazine rings is 1. The lowest BCUT2D eigenvalue weighted by atomic mass is 10.2. The lowest BCUT2D eigenvalue weighted by Crippen LogP contribution is -2.51. The molecule has 1 aromatic rings. The van der Waals surface area contributed by atoms with Gasteiger partial charge >= 0.3 is 12.2 Å². The van der Waals surface area contributed by atoms with Gasteiger partial charge in [-0.2, -0.15) is 13.2 Å². The van der Waals surface area contributed by atoms with Crippen LogP contribution in [-0.4, -0.2) is 48.1 Å². The molecule has 1 saturated heterocycles. The molecule has 1 aliphatic heterocycles. The molecule has 4 nitrogen and oxygen atoms in total. The fourth-order valence-corrected chi connectivity index (χ4v) is 2.60. The second kappa shape index (κ2) is 6.97. The van der Waals surface area contributed by atoms with Crippen molar-refractivity contribution < 1.29 is 18.0 Å². The van der Waals surface area contributed by atoms with E-state index in [4.69, 9.17) is 11.6 Å². The lowest BCUT2D eigenvalue weighted by molar-refractivity contribution is -0.137. The molecule has 1 aromatic carbocycles. The molecular formula is C15H19ClF3N3O. The van der Waals surface area contributed by atoms with Gasteiger partial charge in [-0.05, 0) is 32.0 Å². The molecule has 2 amide bonds. The second-order valence-corrected chi connectivity index (χ2v) is 6.15. The van der Waals surface area contributed by atoms with Crippen molar-refractivity contribution in [3.63, 3.8) is 0 Å². The number of amides is 2. The van der Waals surface area contributed by atoms with Gasteiger partial charge in [0.05, 0.1) is 16.3 Å². The molecule has 0 aliphatic carbocycles. The average molecular weight is 350 g/mol. The van der Waals surface area contributed by atoms with Crippen LogP contribution in [0.1, 0.15) is 19.4 Å². The zero-order valence-electron chi connectivity index (χ0n) is 13.0. The van der Waals surface area contributed by atoms with E-state index in [1.165, 1.54) is 0 Å². The molecule has 23 heavy (non-hydrogen) atoms. The van der Waals surface area contributed by atoms with Crippen molar-refractivity contribution >= 4 is 23.3 Å². The van der Waals surface area contributed by atoms with Crippen molar-refractivity contribution in [3.05, 3.63) is 28.8 Å². The quantitative estimate of drug-likeness (QED) is 0.878. The summed E-state index contributed by atoms with van der Waals surface area (Å²) in [5, 5.41) is 2.55. The van der Waals surface area contributed by atoms with Gasteiger partial charge in [-0.25, -0.2) is 4.79 Å². The molecule has 8 heteroatoms. The first kappa shape index (κ1) is 17.9. The Morgan fingerprint density at radius 1 is 1.22 bits per heavy atom. The SMILES string of the molecule is CC(C)N1CCN(C(=O)Nc2cc(C(F)(F)F)ccc2Cl)CC1. The first-order valence-corrected chi connectivity index (χ1v) is 7.73. The van der Waals surface area contributed by atoms with Crippen molar-refractivity contribution in [2.24, 2.45) is 0 Å². The van der Waals surface area contributed by atoms with E-state index in [1.54, 1.807) is 4.90 Å². The topological polar surface area (TPSA) is 35.6 Å². The first-order valence-electron chi connectivity index (χ1n) is 7.35. The fraction of sp³-hybridized carbons (Fsp3) is 0.533. The van der Waals surface area contributed by atoms with Crippen LogP contribution in [0.4, 0.5) is 23.7 Å². The van der Waals surface area contributed by atoms with E-state index < -0.39 is 17.8 Å². The molecule has 0 unspecified atom stereocenters. The Labute approximate surface area is 138 Å². The number of anilines is 1. The van der Waals surface area contributed by atoms with Crippen molar-refractivity contribution in [3.8, 4) is 0 Å². The average Bonchev–Trinajstić information content (AvgIpc) is 2.48. The number of halogens is 4. The van der Waals surface area contributed by atoms with E-state index in [-0.39, 0.29) is 10.7 Å². The smallest absolute Gasteiger partial charge is 0.322 e. The van der Waals surface area contributed by atoms with Crippen molar-refractivity contribution in [1.82, 2.24) is 9.80 Å². The van der Waals surface area contributed by atoms with Gasteiger partial charge in [0.25, 0.3) is 0 Å². The van der Waals surface area contributed by atoms with E-state index in [0.29, 0.717) is 19.1 Å². The van der Waals surface area contributed by atoms with Gasteiger partial charge in [0.1, 0.15) is 0 Å². The highest BCUT2D eigenvalue weighted by molar-refractivity contribution is 6.33. The van der Waals surface area contributed by atoms with Crippen molar-refractivity contribution in [2.75, 3.05) is 31.5 Å². The number of alkyl halides is 3. The summed E-state index contributed by atoms with van der Waals surface area (Å²) in [5.74, 6) is 0. The number of hydrogen-bond acceptors (Lipinski definition) is 2. The lowest BCUT2D eigenvalue weighted by Gasteiger charge is -2.36. The zero-order valence-corrected chi connectivity index (χ0v) is 13.7. The molecule has 0 radical (unpaired) electrons. The number of rotatable bonds is 2. The predicted molar refractivity (Wildman–Crippen MR) is 83.8 cm³/mol. The summed E-state index contributed by atoms with van der Waals surface area (Å²) >= 11 is 5.89. The Kier molecular flexibility index (Phi) is 5.41. The molecule has 0 saturated carbocycles. The molecule has 0 bridgehead atoms. The third-order valence-corrected chi connectivity index (χ3v) is 4.20. The molecule has 1 N–H and O–H groups in total. The molecule has 0 atom stereocenters. The molecule has 0 aromatic heterocycles. The van der Waals surface area contributed by atoms with E-state index in [0.717, 1.165) is 31.3 Å². The summed E-state index contributed by atoms with van der Waals surface area (Å²) in [7, 11) is 0. The molecule has 128 valence electrons. The molecule has 1 fully saturated rings. The van der Waals surface area contributed by atoms with Gasteiger partial charge in [-0.1, -0.05) is 11.6 Å². The van der Waals surface area contributed by atoms with E-state index in [1.807, 2.05) is 0 Å². The Balaban J connectivity index is 2.03. The summed E-state index contributed by atoms with van der Waals surface area (Å²) < 4.78 is 38.2. The zero-order chi connectivity index (χ0) is 17.2. The van der Waals surface area contributed by atoms with Crippen LogP contribution in [0.15, 0.2) is 18.2 Å². The maximum Gasteiger partial charge on any atom is 0.416 e. The second-order valence-electron chi connectivity index (χ2n) is 5.74. The molecule has 2 rings (SSSR count). The predicted octanol–water partition coefficient (Wildman–Crippen LogP) is 3.92. The van der Waals surface area contributed by atoms with Crippen LogP contribution in [0.25, 0.3) is 0 Å². The maximum atomic E-state index is 12.7. The standard InChI is InChI=1S/C15H19ClF3N3O/c1-10(2)21-5-7-22(8-6-21)14(23)20-13-9-11(15(17,18)19)3-4-12(13)16/h3-4,9-10H,5-8H2,1-2H3,(H,20,23). The summed E-state index contributed by atoms with van der Waals surface area (Å²) in [4.78, 5) is 16.0. The van der Waals surface area contributed by atoms with Crippen LogP contribution >= 0.6 is 11.6 Å². The third-order valence-electron chi connectivity index (χ3n) is 3.87. The number of hydrogen-bond donors (Lipinski definition) is 1. The minimum absolute atomic E-state index is 0.0298. The minimum Gasteiger partial charge on any atom is -0.322 e. The third kappa shape index (κ3) is 4.51. The molecule has 0 spiro atoms. The summed E-state index contributed by atoms with van der Waals surface area (Å²) in [6.45, 7) is 6.69. The molecule has 1 aliphatic rings. The van der Waals surface area contributed by atoms with Gasteiger partial charge in [-0.15, -0.1) is 0 Å². The molecular weight excluding hydrogens is 331 g/mol. The van der Waals surface area contributed by atoms with E-state index in [9.17, 15) is 18.0 Å². The van der Waals surface area contributed by atoms with Crippen LogP contribution in [0.5, 0.6) is 0 Å². The Morgan fingerprint density at radius 2 is 1.83 bits per heavy atom. The maximum absolute atomic E-state index is 12.7. The van der Waals surface area contributed by atoms with Crippen LogP contribution in [0.2, 0.25) is 5.02 Å². The summed E-state index contributed by atoms with van der Waals surface area (Å²) in [5.41, 5.74) is -0.875. The van der Waals surface area contributed by atoms with Gasteiger partial charge in [0, 0.05) is 32.2 Å². The fourth-order valence-electron chi connectivity index (χ4n) is 2.43. The van der Waals surface area contributed by atoms with Crippen LogP contribution in [0, 0.1) is 0 Å². The van der Waals surface area contributed by atoms with Crippen LogP contribution < -0.4 is 5.32 Å². The van der Waals surface area contributed by atoms with E-state index >= 15 is 0 Å². The normalized spacial score (nSPS) is 16.7. The van der Waals surface area contributed by atoms with Crippen LogP contribution in [-0.2, 0) is 6.18 Å². The number of urea groups is 1. The Morgan fingerprint density at radius 3 is 2.35 bits per heavy atom. The minimum atomic E-state index is -4.48.